The Morgan fingerprint density at radius 2 is 2.18 bits per heavy atom. The van der Waals surface area contributed by atoms with Gasteiger partial charge in [-0.05, 0) is 25.0 Å². The van der Waals surface area contributed by atoms with E-state index < -0.39 is 0 Å². The molecule has 0 spiro atoms. The first-order chi connectivity index (χ1) is 10.8. The molecule has 2 saturated heterocycles. The monoisotopic (exact) mass is 304 g/mol. The van der Waals surface area contributed by atoms with Crippen molar-refractivity contribution in [3.05, 3.63) is 30.1 Å². The lowest BCUT2D eigenvalue weighted by atomic mass is 9.93. The number of rotatable bonds is 4. The minimum absolute atomic E-state index is 0.124. The minimum atomic E-state index is 0.124. The largest absolute Gasteiger partial charge is 0.384 e. The van der Waals surface area contributed by atoms with Crippen molar-refractivity contribution in [2.75, 3.05) is 40.0 Å². The van der Waals surface area contributed by atoms with Gasteiger partial charge < -0.3 is 14.4 Å². The van der Waals surface area contributed by atoms with E-state index in [1.807, 2.05) is 23.2 Å². The van der Waals surface area contributed by atoms with Crippen LogP contribution in [0.25, 0.3) is 0 Å². The zero-order valence-corrected chi connectivity index (χ0v) is 13.1. The maximum Gasteiger partial charge on any atom is 0.225 e. The molecular formula is C17H24N2O3. The van der Waals surface area contributed by atoms with E-state index in [9.17, 15) is 4.79 Å². The fourth-order valence-electron chi connectivity index (χ4n) is 3.57. The summed E-state index contributed by atoms with van der Waals surface area (Å²) < 4.78 is 10.7. The molecule has 1 amide bonds. The number of nitrogens with zero attached hydrogens (tertiary/aromatic N) is 2. The van der Waals surface area contributed by atoms with Gasteiger partial charge in [0.05, 0.1) is 6.61 Å². The molecule has 0 bridgehead atoms. The van der Waals surface area contributed by atoms with E-state index in [1.165, 1.54) is 0 Å². The summed E-state index contributed by atoms with van der Waals surface area (Å²) in [6, 6.07) is 5.99. The van der Waals surface area contributed by atoms with Gasteiger partial charge in [-0.25, -0.2) is 0 Å². The molecule has 0 aliphatic carbocycles. The van der Waals surface area contributed by atoms with Gasteiger partial charge in [0, 0.05) is 63.1 Å². The number of methoxy groups -OCH3 is 1. The molecular weight excluding hydrogens is 280 g/mol. The molecule has 3 rings (SSSR count). The Kier molecular flexibility index (Phi) is 5.05. The van der Waals surface area contributed by atoms with Crippen molar-refractivity contribution in [2.45, 2.75) is 18.8 Å². The van der Waals surface area contributed by atoms with Crippen LogP contribution in [0, 0.1) is 11.8 Å². The maximum atomic E-state index is 12.7. The summed E-state index contributed by atoms with van der Waals surface area (Å²) in [5.74, 6) is 0.996. The van der Waals surface area contributed by atoms with Crippen molar-refractivity contribution >= 4 is 5.91 Å². The van der Waals surface area contributed by atoms with Crippen LogP contribution in [0.2, 0.25) is 0 Å². The Balaban J connectivity index is 1.71. The Bertz CT molecular complexity index is 488. The van der Waals surface area contributed by atoms with Crippen LogP contribution in [0.4, 0.5) is 0 Å². The van der Waals surface area contributed by atoms with E-state index in [1.54, 1.807) is 7.11 Å². The van der Waals surface area contributed by atoms with Gasteiger partial charge in [0.15, 0.2) is 0 Å². The highest BCUT2D eigenvalue weighted by atomic mass is 16.5. The highest BCUT2D eigenvalue weighted by molar-refractivity contribution is 5.79. The van der Waals surface area contributed by atoms with Crippen LogP contribution in [0.3, 0.4) is 0 Å². The fraction of sp³-hybridized carbons (Fsp3) is 0.647. The highest BCUT2D eigenvalue weighted by Crippen LogP contribution is 2.33. The zero-order valence-electron chi connectivity index (χ0n) is 13.1. The van der Waals surface area contributed by atoms with Crippen LogP contribution >= 0.6 is 0 Å². The normalized spacial score (nSPS) is 26.3. The molecule has 2 aliphatic heterocycles. The molecule has 1 aromatic heterocycles. The van der Waals surface area contributed by atoms with Gasteiger partial charge >= 0.3 is 0 Å². The van der Waals surface area contributed by atoms with Crippen molar-refractivity contribution in [3.8, 4) is 0 Å². The number of carbonyl (C=O) groups excluding carboxylic acids is 1. The van der Waals surface area contributed by atoms with E-state index in [0.717, 1.165) is 31.6 Å². The number of aromatic nitrogens is 1. The number of pyridine rings is 1. The first-order valence-corrected chi connectivity index (χ1v) is 8.06. The molecule has 0 aromatic carbocycles. The van der Waals surface area contributed by atoms with E-state index in [-0.39, 0.29) is 17.7 Å². The number of carbonyl (C=O) groups is 1. The molecule has 0 unspecified atom stereocenters. The Labute approximate surface area is 131 Å². The second kappa shape index (κ2) is 7.20. The number of likely N-dealkylation sites (tertiary alicyclic amines) is 1. The second-order valence-electron chi connectivity index (χ2n) is 6.21. The molecule has 5 nitrogen and oxygen atoms in total. The van der Waals surface area contributed by atoms with E-state index in [0.29, 0.717) is 25.7 Å². The van der Waals surface area contributed by atoms with Gasteiger partial charge in [-0.1, -0.05) is 6.07 Å². The van der Waals surface area contributed by atoms with Gasteiger partial charge in [0.2, 0.25) is 5.91 Å². The summed E-state index contributed by atoms with van der Waals surface area (Å²) in [6.45, 7) is 3.59. The first kappa shape index (κ1) is 15.4. The van der Waals surface area contributed by atoms with Crippen molar-refractivity contribution in [1.29, 1.82) is 0 Å². The van der Waals surface area contributed by atoms with Gasteiger partial charge in [-0.15, -0.1) is 0 Å². The molecule has 0 N–H and O–H groups in total. The third kappa shape index (κ3) is 3.31. The number of amides is 1. The molecule has 22 heavy (non-hydrogen) atoms. The van der Waals surface area contributed by atoms with Gasteiger partial charge in [0.25, 0.3) is 0 Å². The van der Waals surface area contributed by atoms with Crippen LogP contribution in [0.15, 0.2) is 24.4 Å². The van der Waals surface area contributed by atoms with Crippen LogP contribution < -0.4 is 0 Å². The maximum absolute atomic E-state index is 12.7. The molecule has 2 atom stereocenters. The molecule has 0 saturated carbocycles. The SMILES string of the molecule is COC[C@@H]1CN(C(=O)C2CCOCC2)C[C@H]1c1ccccn1. The third-order valence-electron chi connectivity index (χ3n) is 4.77. The quantitative estimate of drug-likeness (QED) is 0.849. The second-order valence-corrected chi connectivity index (χ2v) is 6.21. The van der Waals surface area contributed by atoms with E-state index >= 15 is 0 Å². The minimum Gasteiger partial charge on any atom is -0.384 e. The predicted molar refractivity (Wildman–Crippen MR) is 82.5 cm³/mol. The molecule has 0 radical (unpaired) electrons. The Morgan fingerprint density at radius 1 is 1.36 bits per heavy atom. The lowest BCUT2D eigenvalue weighted by molar-refractivity contribution is -0.137. The number of ether oxygens (including phenoxy) is 2. The first-order valence-electron chi connectivity index (χ1n) is 8.06. The zero-order chi connectivity index (χ0) is 15.4. The van der Waals surface area contributed by atoms with Crippen molar-refractivity contribution < 1.29 is 14.3 Å². The molecule has 2 aliphatic rings. The molecule has 5 heteroatoms. The Morgan fingerprint density at radius 3 is 2.86 bits per heavy atom. The highest BCUT2D eigenvalue weighted by Gasteiger charge is 2.39. The lowest BCUT2D eigenvalue weighted by Gasteiger charge is -2.26. The van der Waals surface area contributed by atoms with Gasteiger partial charge in [-0.3, -0.25) is 9.78 Å². The van der Waals surface area contributed by atoms with Gasteiger partial charge in [0.1, 0.15) is 0 Å². The lowest BCUT2D eigenvalue weighted by Crippen LogP contribution is -2.37. The smallest absolute Gasteiger partial charge is 0.225 e. The van der Waals surface area contributed by atoms with Gasteiger partial charge in [-0.2, -0.15) is 0 Å². The van der Waals surface area contributed by atoms with Crippen LogP contribution in [0.1, 0.15) is 24.5 Å². The standard InChI is InChI=1S/C17H24N2O3/c1-21-12-14-10-19(17(20)13-5-8-22-9-6-13)11-15(14)16-4-2-3-7-18-16/h2-4,7,13-15H,5-6,8-12H2,1H3/t14-,15+/m0/s1. The summed E-state index contributed by atoms with van der Waals surface area (Å²) in [4.78, 5) is 19.2. The fourth-order valence-corrected chi connectivity index (χ4v) is 3.57. The Hall–Kier alpha value is -1.46. The summed E-state index contributed by atoms with van der Waals surface area (Å²) >= 11 is 0. The van der Waals surface area contributed by atoms with E-state index in [4.69, 9.17) is 9.47 Å². The molecule has 120 valence electrons. The third-order valence-corrected chi connectivity index (χ3v) is 4.77. The summed E-state index contributed by atoms with van der Waals surface area (Å²) in [6.07, 6.45) is 3.51. The van der Waals surface area contributed by atoms with E-state index in [2.05, 4.69) is 11.1 Å². The summed E-state index contributed by atoms with van der Waals surface area (Å²) in [5.41, 5.74) is 1.06. The number of hydrogen-bond acceptors (Lipinski definition) is 4. The predicted octanol–water partition coefficient (Wildman–Crippen LogP) is 1.70. The summed E-state index contributed by atoms with van der Waals surface area (Å²) in [5, 5.41) is 0. The summed E-state index contributed by atoms with van der Waals surface area (Å²) in [7, 11) is 1.72. The molecule has 1 aromatic rings. The van der Waals surface area contributed by atoms with Crippen LogP contribution in [-0.2, 0) is 14.3 Å². The van der Waals surface area contributed by atoms with Crippen LogP contribution in [-0.4, -0.2) is 55.8 Å². The van der Waals surface area contributed by atoms with Crippen molar-refractivity contribution in [1.82, 2.24) is 9.88 Å². The average Bonchev–Trinajstić information content (AvgIpc) is 3.00. The molecule has 2 fully saturated rings. The number of hydrogen-bond donors (Lipinski definition) is 0. The topological polar surface area (TPSA) is 51.7 Å². The van der Waals surface area contributed by atoms with Crippen molar-refractivity contribution in [2.24, 2.45) is 11.8 Å². The average molecular weight is 304 g/mol. The van der Waals surface area contributed by atoms with Crippen molar-refractivity contribution in [3.63, 3.8) is 0 Å². The molecule has 3 heterocycles. The van der Waals surface area contributed by atoms with Crippen LogP contribution in [0.5, 0.6) is 0 Å².